The highest BCUT2D eigenvalue weighted by Crippen LogP contribution is 2.37. The first-order chi connectivity index (χ1) is 10.6. The molecule has 0 aromatic carbocycles. The number of ether oxygens (including phenoxy) is 1. The fraction of sp³-hybridized carbons (Fsp3) is 0.143. The molecule has 0 atom stereocenters. The summed E-state index contributed by atoms with van der Waals surface area (Å²) in [6, 6.07) is 2.72. The quantitative estimate of drug-likeness (QED) is 0.734. The second-order valence-electron chi connectivity index (χ2n) is 4.15. The van der Waals surface area contributed by atoms with Gasteiger partial charge in [-0.2, -0.15) is 0 Å². The summed E-state index contributed by atoms with van der Waals surface area (Å²) in [6.07, 6.45) is 3.76. The summed E-state index contributed by atoms with van der Waals surface area (Å²) in [5, 5.41) is 6.19. The van der Waals surface area contributed by atoms with Crippen LogP contribution < -0.4 is 21.1 Å². The molecule has 8 heteroatoms. The van der Waals surface area contributed by atoms with E-state index >= 15 is 0 Å². The smallest absolute Gasteiger partial charge is 0.168 e. The van der Waals surface area contributed by atoms with Crippen molar-refractivity contribution in [1.29, 1.82) is 0 Å². The van der Waals surface area contributed by atoms with Gasteiger partial charge in [0.1, 0.15) is 16.5 Å². The van der Waals surface area contributed by atoms with Gasteiger partial charge in [-0.15, -0.1) is 0 Å². The van der Waals surface area contributed by atoms with Crippen LogP contribution in [0.2, 0.25) is 5.02 Å². The number of halogens is 2. The molecular formula is C14H15ClFN5O. The number of rotatable bonds is 5. The molecule has 0 unspecified atom stereocenters. The highest BCUT2D eigenvalue weighted by molar-refractivity contribution is 6.35. The third-order valence-electron chi connectivity index (χ3n) is 2.82. The van der Waals surface area contributed by atoms with Crippen LogP contribution in [0.3, 0.4) is 0 Å². The number of nitrogens with two attached hydrogens (primary N) is 1. The summed E-state index contributed by atoms with van der Waals surface area (Å²) < 4.78 is 18.6. The predicted molar refractivity (Wildman–Crippen MR) is 85.3 cm³/mol. The summed E-state index contributed by atoms with van der Waals surface area (Å²) in [4.78, 5) is 8.10. The van der Waals surface area contributed by atoms with Gasteiger partial charge in [-0.25, -0.2) is 14.4 Å². The monoisotopic (exact) mass is 323 g/mol. The van der Waals surface area contributed by atoms with Crippen LogP contribution in [0.4, 0.5) is 15.9 Å². The van der Waals surface area contributed by atoms with Crippen LogP contribution in [0, 0.1) is 5.82 Å². The minimum Gasteiger partial charge on any atom is -0.450 e. The van der Waals surface area contributed by atoms with Crippen LogP contribution in [0.15, 0.2) is 30.7 Å². The molecule has 4 N–H and O–H groups in total. The fourth-order valence-electron chi connectivity index (χ4n) is 1.77. The van der Waals surface area contributed by atoms with Crippen LogP contribution in [0.25, 0.3) is 5.76 Å². The molecule has 2 aromatic heterocycles. The average Bonchev–Trinajstić information content (AvgIpc) is 2.54. The lowest BCUT2D eigenvalue weighted by Crippen LogP contribution is -2.05. The predicted octanol–water partition coefficient (Wildman–Crippen LogP) is 2.69. The number of nitrogens with one attached hydrogen (secondary N) is 2. The Bertz CT molecular complexity index is 690. The third-order valence-corrected chi connectivity index (χ3v) is 3.20. The van der Waals surface area contributed by atoms with E-state index in [1.54, 1.807) is 14.1 Å². The standard InChI is InChI=1S/C14H15ClFN5O/c1-18-13-12(15)11(7-21-14(13)19-2)22-10(5-17)9-4-3-8(16)6-20-9/h3-7,18H,17H2,1-2H3,(H,19,21)/b10-5+. The number of nitrogens with zero attached hydrogens (tertiary/aromatic N) is 2. The van der Waals surface area contributed by atoms with Crippen LogP contribution in [0.5, 0.6) is 5.75 Å². The zero-order valence-corrected chi connectivity index (χ0v) is 12.8. The van der Waals surface area contributed by atoms with Gasteiger partial charge in [0, 0.05) is 20.3 Å². The van der Waals surface area contributed by atoms with Crippen molar-refractivity contribution in [2.45, 2.75) is 0 Å². The summed E-state index contributed by atoms with van der Waals surface area (Å²) in [5.41, 5.74) is 6.52. The molecule has 0 amide bonds. The van der Waals surface area contributed by atoms with Crippen LogP contribution in [-0.2, 0) is 0 Å². The van der Waals surface area contributed by atoms with E-state index in [2.05, 4.69) is 20.6 Å². The van der Waals surface area contributed by atoms with E-state index in [0.29, 0.717) is 28.0 Å². The zero-order chi connectivity index (χ0) is 16.1. The van der Waals surface area contributed by atoms with Gasteiger partial charge in [0.2, 0.25) is 0 Å². The normalized spacial score (nSPS) is 11.2. The Hall–Kier alpha value is -2.54. The highest BCUT2D eigenvalue weighted by Gasteiger charge is 2.15. The summed E-state index contributed by atoms with van der Waals surface area (Å²) in [6.45, 7) is 0. The number of hydrogen-bond acceptors (Lipinski definition) is 6. The minimum absolute atomic E-state index is 0.239. The van der Waals surface area contributed by atoms with Gasteiger partial charge in [0.15, 0.2) is 17.3 Å². The van der Waals surface area contributed by atoms with Gasteiger partial charge >= 0.3 is 0 Å². The first kappa shape index (κ1) is 15.8. The van der Waals surface area contributed by atoms with Crippen molar-refractivity contribution in [3.05, 3.63) is 47.3 Å². The summed E-state index contributed by atoms with van der Waals surface area (Å²) in [5.74, 6) is 0.671. The van der Waals surface area contributed by atoms with E-state index in [4.69, 9.17) is 22.1 Å². The molecule has 0 saturated heterocycles. The summed E-state index contributed by atoms with van der Waals surface area (Å²) >= 11 is 6.29. The van der Waals surface area contributed by atoms with Crippen LogP contribution in [0.1, 0.15) is 5.69 Å². The second-order valence-corrected chi connectivity index (χ2v) is 4.53. The van der Waals surface area contributed by atoms with Gasteiger partial charge in [-0.1, -0.05) is 11.6 Å². The molecule has 2 rings (SSSR count). The number of aromatic nitrogens is 2. The maximum Gasteiger partial charge on any atom is 0.168 e. The Morgan fingerprint density at radius 3 is 2.59 bits per heavy atom. The van der Waals surface area contributed by atoms with Crippen molar-refractivity contribution >= 4 is 28.9 Å². The van der Waals surface area contributed by atoms with E-state index in [1.807, 2.05) is 0 Å². The van der Waals surface area contributed by atoms with Gasteiger partial charge in [0.05, 0.1) is 18.1 Å². The zero-order valence-electron chi connectivity index (χ0n) is 12.0. The first-order valence-electron chi connectivity index (χ1n) is 6.36. The maximum absolute atomic E-state index is 12.9. The molecule has 0 saturated carbocycles. The molecule has 6 nitrogen and oxygen atoms in total. The molecule has 0 radical (unpaired) electrons. The van der Waals surface area contributed by atoms with Crippen LogP contribution >= 0.6 is 11.6 Å². The average molecular weight is 324 g/mol. The van der Waals surface area contributed by atoms with Crippen molar-refractivity contribution in [2.75, 3.05) is 24.7 Å². The van der Waals surface area contributed by atoms with Crippen molar-refractivity contribution in [3.63, 3.8) is 0 Å². The highest BCUT2D eigenvalue weighted by atomic mass is 35.5. The molecule has 0 bridgehead atoms. The number of hydrogen-bond donors (Lipinski definition) is 3. The molecule has 0 aliphatic heterocycles. The molecule has 22 heavy (non-hydrogen) atoms. The largest absolute Gasteiger partial charge is 0.450 e. The first-order valence-corrected chi connectivity index (χ1v) is 6.74. The van der Waals surface area contributed by atoms with Gasteiger partial charge < -0.3 is 21.1 Å². The van der Waals surface area contributed by atoms with E-state index in [1.165, 1.54) is 24.5 Å². The third kappa shape index (κ3) is 3.20. The van der Waals surface area contributed by atoms with Crippen molar-refractivity contribution in [1.82, 2.24) is 9.97 Å². The lowest BCUT2D eigenvalue weighted by atomic mass is 10.3. The molecule has 0 spiro atoms. The van der Waals surface area contributed by atoms with E-state index in [0.717, 1.165) is 6.20 Å². The van der Waals surface area contributed by atoms with Crippen molar-refractivity contribution < 1.29 is 9.13 Å². The molecule has 0 aliphatic carbocycles. The lowest BCUT2D eigenvalue weighted by molar-refractivity contribution is 0.508. The Labute approximate surface area is 132 Å². The maximum atomic E-state index is 12.9. The SMILES string of the molecule is CNc1ncc(O/C(=C/N)c2ccc(F)cn2)c(Cl)c1NC. The van der Waals surface area contributed by atoms with E-state index in [9.17, 15) is 4.39 Å². The van der Waals surface area contributed by atoms with Gasteiger partial charge in [0.25, 0.3) is 0 Å². The number of anilines is 2. The molecule has 0 aliphatic rings. The Morgan fingerprint density at radius 2 is 2.05 bits per heavy atom. The van der Waals surface area contributed by atoms with E-state index < -0.39 is 5.82 Å². The van der Waals surface area contributed by atoms with Gasteiger partial charge in [-0.05, 0) is 12.1 Å². The fourth-order valence-corrected chi connectivity index (χ4v) is 2.04. The molecule has 2 aromatic rings. The minimum atomic E-state index is -0.448. The van der Waals surface area contributed by atoms with Crippen LogP contribution in [-0.4, -0.2) is 24.1 Å². The van der Waals surface area contributed by atoms with Gasteiger partial charge in [-0.3, -0.25) is 0 Å². The lowest BCUT2D eigenvalue weighted by Gasteiger charge is -2.15. The Balaban J connectivity index is 2.34. The van der Waals surface area contributed by atoms with E-state index in [-0.39, 0.29) is 5.76 Å². The Kier molecular flexibility index (Phi) is 5.00. The topological polar surface area (TPSA) is 85.1 Å². The molecule has 116 valence electrons. The molecular weight excluding hydrogens is 309 g/mol. The number of pyridine rings is 2. The van der Waals surface area contributed by atoms with Crippen molar-refractivity contribution in [2.24, 2.45) is 5.73 Å². The Morgan fingerprint density at radius 1 is 1.27 bits per heavy atom. The molecule has 0 fully saturated rings. The second kappa shape index (κ2) is 6.95. The van der Waals surface area contributed by atoms with Crippen molar-refractivity contribution in [3.8, 4) is 5.75 Å². The summed E-state index contributed by atoms with van der Waals surface area (Å²) in [7, 11) is 3.45. The molecule has 2 heterocycles.